The first kappa shape index (κ1) is 13.9. The number of aromatic nitrogens is 1. The van der Waals surface area contributed by atoms with Gasteiger partial charge in [-0.05, 0) is 29.5 Å². The van der Waals surface area contributed by atoms with Gasteiger partial charge in [0.2, 0.25) is 0 Å². The molecular formula is C19H21NO. The van der Waals surface area contributed by atoms with E-state index in [2.05, 4.69) is 56.9 Å². The van der Waals surface area contributed by atoms with Crippen molar-refractivity contribution in [1.29, 1.82) is 0 Å². The Bertz CT molecular complexity index is 751. The third-order valence-electron chi connectivity index (χ3n) is 3.85. The van der Waals surface area contributed by atoms with Crippen molar-refractivity contribution in [3.8, 4) is 11.3 Å². The van der Waals surface area contributed by atoms with Gasteiger partial charge in [0.05, 0.1) is 0 Å². The molecule has 0 fully saturated rings. The topological polar surface area (TPSA) is 26.0 Å². The largest absolute Gasteiger partial charge is 0.454 e. The highest BCUT2D eigenvalue weighted by Gasteiger charge is 2.10. The first-order valence-corrected chi connectivity index (χ1v) is 7.55. The predicted octanol–water partition coefficient (Wildman–Crippen LogP) is 5.74. The van der Waals surface area contributed by atoms with Crippen LogP contribution in [0.15, 0.2) is 46.9 Å². The first-order valence-electron chi connectivity index (χ1n) is 7.55. The second-order valence-electron chi connectivity index (χ2n) is 6.16. The number of nitrogens with zero attached hydrogens (tertiary/aromatic N) is 1. The summed E-state index contributed by atoms with van der Waals surface area (Å²) in [6.45, 7) is 8.71. The molecule has 1 aromatic carbocycles. The molecule has 2 heterocycles. The summed E-state index contributed by atoms with van der Waals surface area (Å²) in [4.78, 5) is 4.67. The molecule has 0 aliphatic carbocycles. The average Bonchev–Trinajstić information content (AvgIpc) is 2.90. The third kappa shape index (κ3) is 2.71. The van der Waals surface area contributed by atoms with Crippen molar-refractivity contribution in [2.75, 3.05) is 0 Å². The second kappa shape index (κ2) is 5.36. The number of furan rings is 1. The maximum atomic E-state index is 5.93. The zero-order chi connectivity index (χ0) is 15.0. The molecule has 21 heavy (non-hydrogen) atoms. The summed E-state index contributed by atoms with van der Waals surface area (Å²) in [5, 5.41) is 0. The van der Waals surface area contributed by atoms with Crippen molar-refractivity contribution in [3.63, 3.8) is 0 Å². The summed E-state index contributed by atoms with van der Waals surface area (Å²) < 4.78 is 5.93. The number of rotatable bonds is 3. The van der Waals surface area contributed by atoms with E-state index in [4.69, 9.17) is 4.42 Å². The van der Waals surface area contributed by atoms with Crippen LogP contribution in [-0.2, 0) is 0 Å². The molecule has 2 aromatic heterocycles. The standard InChI is InChI=1S/C19H21NO/c1-12(2)14-5-7-15(8-6-14)19-11-17-18(21-19)10-9-16(20-17)13(3)4/h5-13H,1-4H3. The fraction of sp³-hybridized carbons (Fsp3) is 0.316. The van der Waals surface area contributed by atoms with Crippen LogP contribution in [0.1, 0.15) is 50.8 Å². The van der Waals surface area contributed by atoms with Crippen LogP contribution in [0.4, 0.5) is 0 Å². The van der Waals surface area contributed by atoms with Crippen LogP contribution < -0.4 is 0 Å². The van der Waals surface area contributed by atoms with Gasteiger partial charge in [-0.25, -0.2) is 4.98 Å². The van der Waals surface area contributed by atoms with Crippen molar-refractivity contribution >= 4 is 11.1 Å². The molecule has 0 saturated heterocycles. The summed E-state index contributed by atoms with van der Waals surface area (Å²) >= 11 is 0. The Hall–Kier alpha value is -2.09. The maximum absolute atomic E-state index is 5.93. The number of hydrogen-bond donors (Lipinski definition) is 0. The second-order valence-corrected chi connectivity index (χ2v) is 6.16. The van der Waals surface area contributed by atoms with Crippen molar-refractivity contribution in [3.05, 3.63) is 53.7 Å². The van der Waals surface area contributed by atoms with Gasteiger partial charge in [-0.15, -0.1) is 0 Å². The molecule has 0 unspecified atom stereocenters. The molecule has 2 nitrogen and oxygen atoms in total. The molecule has 0 saturated carbocycles. The van der Waals surface area contributed by atoms with Gasteiger partial charge in [-0.3, -0.25) is 0 Å². The molecular weight excluding hydrogens is 258 g/mol. The highest BCUT2D eigenvalue weighted by Crippen LogP contribution is 2.29. The van der Waals surface area contributed by atoms with Gasteiger partial charge in [0.1, 0.15) is 11.3 Å². The van der Waals surface area contributed by atoms with E-state index < -0.39 is 0 Å². The summed E-state index contributed by atoms with van der Waals surface area (Å²) in [5.41, 5.74) is 5.33. The fourth-order valence-corrected chi connectivity index (χ4v) is 2.44. The Morgan fingerprint density at radius 1 is 0.857 bits per heavy atom. The van der Waals surface area contributed by atoms with Gasteiger partial charge < -0.3 is 4.42 Å². The van der Waals surface area contributed by atoms with E-state index in [1.165, 1.54) is 5.56 Å². The van der Waals surface area contributed by atoms with Crippen LogP contribution >= 0.6 is 0 Å². The lowest BCUT2D eigenvalue weighted by Crippen LogP contribution is -1.90. The van der Waals surface area contributed by atoms with E-state index in [9.17, 15) is 0 Å². The minimum atomic E-state index is 0.429. The van der Waals surface area contributed by atoms with E-state index >= 15 is 0 Å². The van der Waals surface area contributed by atoms with E-state index in [0.29, 0.717) is 11.8 Å². The molecule has 0 atom stereocenters. The Morgan fingerprint density at radius 2 is 1.57 bits per heavy atom. The van der Waals surface area contributed by atoms with E-state index in [1.54, 1.807) is 0 Å². The Labute approximate surface area is 125 Å². The molecule has 3 aromatic rings. The van der Waals surface area contributed by atoms with E-state index in [1.807, 2.05) is 18.2 Å². The van der Waals surface area contributed by atoms with Crippen LogP contribution in [0.25, 0.3) is 22.4 Å². The SMILES string of the molecule is CC(C)c1ccc(-c2cc3nc(C(C)C)ccc3o2)cc1. The minimum absolute atomic E-state index is 0.429. The Balaban J connectivity index is 2.00. The number of fused-ring (bicyclic) bond motifs is 1. The lowest BCUT2D eigenvalue weighted by Gasteiger charge is -2.05. The lowest BCUT2D eigenvalue weighted by atomic mass is 10.0. The summed E-state index contributed by atoms with van der Waals surface area (Å²) in [5.74, 6) is 1.86. The number of benzene rings is 1. The average molecular weight is 279 g/mol. The van der Waals surface area contributed by atoms with Gasteiger partial charge in [0.15, 0.2) is 5.58 Å². The van der Waals surface area contributed by atoms with Crippen LogP contribution in [0, 0.1) is 0 Å². The monoisotopic (exact) mass is 279 g/mol. The molecule has 0 aliphatic rings. The van der Waals surface area contributed by atoms with Crippen LogP contribution in [-0.4, -0.2) is 4.98 Å². The van der Waals surface area contributed by atoms with Gasteiger partial charge >= 0.3 is 0 Å². The zero-order valence-electron chi connectivity index (χ0n) is 13.1. The van der Waals surface area contributed by atoms with Gasteiger partial charge in [0, 0.05) is 17.3 Å². The van der Waals surface area contributed by atoms with Gasteiger partial charge in [-0.1, -0.05) is 52.0 Å². The molecule has 2 heteroatoms. The molecule has 0 amide bonds. The maximum Gasteiger partial charge on any atom is 0.153 e. The predicted molar refractivity (Wildman–Crippen MR) is 87.6 cm³/mol. The van der Waals surface area contributed by atoms with Crippen LogP contribution in [0.5, 0.6) is 0 Å². The first-order chi connectivity index (χ1) is 10.0. The molecule has 0 N–H and O–H groups in total. The summed E-state index contributed by atoms with van der Waals surface area (Å²) in [6.07, 6.45) is 0. The quantitative estimate of drug-likeness (QED) is 0.611. The molecule has 0 spiro atoms. The highest BCUT2D eigenvalue weighted by atomic mass is 16.3. The third-order valence-corrected chi connectivity index (χ3v) is 3.85. The Morgan fingerprint density at radius 3 is 2.19 bits per heavy atom. The van der Waals surface area contributed by atoms with Crippen molar-refractivity contribution in [1.82, 2.24) is 4.98 Å². The van der Waals surface area contributed by atoms with E-state index in [0.717, 1.165) is 28.1 Å². The lowest BCUT2D eigenvalue weighted by molar-refractivity contribution is 0.630. The number of hydrogen-bond acceptors (Lipinski definition) is 2. The van der Waals surface area contributed by atoms with Crippen LogP contribution in [0.2, 0.25) is 0 Å². The highest BCUT2D eigenvalue weighted by molar-refractivity contribution is 5.79. The molecule has 108 valence electrons. The zero-order valence-corrected chi connectivity index (χ0v) is 13.1. The summed E-state index contributed by atoms with van der Waals surface area (Å²) in [7, 11) is 0. The normalized spacial score (nSPS) is 11.7. The van der Waals surface area contributed by atoms with Crippen molar-refractivity contribution < 1.29 is 4.42 Å². The molecule has 3 rings (SSSR count). The molecule has 0 bridgehead atoms. The molecule has 0 radical (unpaired) electrons. The van der Waals surface area contributed by atoms with Crippen LogP contribution in [0.3, 0.4) is 0 Å². The van der Waals surface area contributed by atoms with Crippen molar-refractivity contribution in [2.45, 2.75) is 39.5 Å². The number of pyridine rings is 1. The van der Waals surface area contributed by atoms with E-state index in [-0.39, 0.29) is 0 Å². The Kier molecular flexibility index (Phi) is 3.54. The minimum Gasteiger partial charge on any atom is -0.454 e. The van der Waals surface area contributed by atoms with Gasteiger partial charge in [0.25, 0.3) is 0 Å². The van der Waals surface area contributed by atoms with Crippen molar-refractivity contribution in [2.24, 2.45) is 0 Å². The molecule has 0 aliphatic heterocycles. The fourth-order valence-electron chi connectivity index (χ4n) is 2.44. The van der Waals surface area contributed by atoms with Gasteiger partial charge in [-0.2, -0.15) is 0 Å². The summed E-state index contributed by atoms with van der Waals surface area (Å²) in [6, 6.07) is 14.7. The smallest absolute Gasteiger partial charge is 0.153 e.